The summed E-state index contributed by atoms with van der Waals surface area (Å²) >= 11 is 0. The van der Waals surface area contributed by atoms with E-state index in [1.165, 1.54) is 24.3 Å². The summed E-state index contributed by atoms with van der Waals surface area (Å²) in [6, 6.07) is 8.25. The highest BCUT2D eigenvalue weighted by molar-refractivity contribution is 5.77. The summed E-state index contributed by atoms with van der Waals surface area (Å²) in [5.41, 5.74) is 0.749. The molecule has 0 heterocycles. The lowest BCUT2D eigenvalue weighted by molar-refractivity contribution is 0.579. The van der Waals surface area contributed by atoms with Gasteiger partial charge < -0.3 is 4.90 Å². The number of nitrogens with zero attached hydrogens (tertiary/aromatic N) is 1. The molecular formula is C16H14F3N. The topological polar surface area (TPSA) is 3.24 Å². The van der Waals surface area contributed by atoms with Crippen molar-refractivity contribution in [3.05, 3.63) is 65.0 Å². The zero-order chi connectivity index (χ0) is 14.7. The third kappa shape index (κ3) is 2.85. The Morgan fingerprint density at radius 1 is 0.750 bits per heavy atom. The molecule has 0 unspecified atom stereocenters. The normalized spacial score (nSPS) is 11.1. The summed E-state index contributed by atoms with van der Waals surface area (Å²) in [5, 5.41) is 0. The SMILES string of the molecule is CN(C)c1cccc(F)c1C=Cc1c(F)cccc1F. The van der Waals surface area contributed by atoms with Gasteiger partial charge in [0.2, 0.25) is 0 Å². The van der Waals surface area contributed by atoms with Gasteiger partial charge in [0, 0.05) is 30.9 Å². The van der Waals surface area contributed by atoms with E-state index >= 15 is 0 Å². The second-order valence-electron chi connectivity index (χ2n) is 4.54. The van der Waals surface area contributed by atoms with Crippen LogP contribution in [0.4, 0.5) is 18.9 Å². The zero-order valence-corrected chi connectivity index (χ0v) is 11.2. The fourth-order valence-electron chi connectivity index (χ4n) is 1.92. The first-order valence-electron chi connectivity index (χ1n) is 6.08. The molecule has 0 radical (unpaired) electrons. The fraction of sp³-hybridized carbons (Fsp3) is 0.125. The molecule has 0 aliphatic carbocycles. The van der Waals surface area contributed by atoms with Crippen molar-refractivity contribution in [2.24, 2.45) is 0 Å². The number of hydrogen-bond donors (Lipinski definition) is 0. The highest BCUT2D eigenvalue weighted by atomic mass is 19.1. The number of anilines is 1. The lowest BCUT2D eigenvalue weighted by Gasteiger charge is -2.16. The van der Waals surface area contributed by atoms with Gasteiger partial charge in [0.05, 0.1) is 0 Å². The summed E-state index contributed by atoms with van der Waals surface area (Å²) in [6.45, 7) is 0. The van der Waals surface area contributed by atoms with Crippen LogP contribution in [0.5, 0.6) is 0 Å². The van der Waals surface area contributed by atoms with Gasteiger partial charge in [0.1, 0.15) is 17.5 Å². The average molecular weight is 277 g/mol. The Hall–Kier alpha value is -2.23. The molecule has 0 N–H and O–H groups in total. The van der Waals surface area contributed by atoms with E-state index in [1.54, 1.807) is 31.1 Å². The summed E-state index contributed by atoms with van der Waals surface area (Å²) in [4.78, 5) is 1.74. The van der Waals surface area contributed by atoms with E-state index in [9.17, 15) is 13.2 Å². The van der Waals surface area contributed by atoms with Crippen LogP contribution in [-0.4, -0.2) is 14.1 Å². The molecule has 0 fully saturated rings. The van der Waals surface area contributed by atoms with Crippen molar-refractivity contribution in [1.29, 1.82) is 0 Å². The molecule has 20 heavy (non-hydrogen) atoms. The van der Waals surface area contributed by atoms with Crippen molar-refractivity contribution >= 4 is 17.8 Å². The summed E-state index contributed by atoms with van der Waals surface area (Å²) < 4.78 is 40.9. The van der Waals surface area contributed by atoms with Crippen molar-refractivity contribution in [2.45, 2.75) is 0 Å². The second kappa shape index (κ2) is 5.82. The van der Waals surface area contributed by atoms with Gasteiger partial charge in [-0.05, 0) is 36.4 Å². The Morgan fingerprint density at radius 2 is 1.20 bits per heavy atom. The molecule has 2 aromatic carbocycles. The minimum atomic E-state index is -0.677. The Morgan fingerprint density at radius 3 is 1.75 bits per heavy atom. The summed E-state index contributed by atoms with van der Waals surface area (Å²) in [5.74, 6) is -1.79. The molecule has 0 aliphatic heterocycles. The van der Waals surface area contributed by atoms with E-state index < -0.39 is 17.5 Å². The Labute approximate surface area is 116 Å². The van der Waals surface area contributed by atoms with Crippen LogP contribution in [0.25, 0.3) is 12.2 Å². The number of benzene rings is 2. The molecule has 0 amide bonds. The fourth-order valence-corrected chi connectivity index (χ4v) is 1.92. The van der Waals surface area contributed by atoms with Crippen molar-refractivity contribution in [2.75, 3.05) is 19.0 Å². The van der Waals surface area contributed by atoms with Gasteiger partial charge in [-0.25, -0.2) is 13.2 Å². The molecule has 0 atom stereocenters. The minimum Gasteiger partial charge on any atom is -0.377 e. The second-order valence-corrected chi connectivity index (χ2v) is 4.54. The van der Waals surface area contributed by atoms with Crippen LogP contribution in [0.2, 0.25) is 0 Å². The van der Waals surface area contributed by atoms with E-state index in [-0.39, 0.29) is 5.56 Å². The highest BCUT2D eigenvalue weighted by Crippen LogP contribution is 2.24. The van der Waals surface area contributed by atoms with Crippen LogP contribution in [0.1, 0.15) is 11.1 Å². The van der Waals surface area contributed by atoms with Gasteiger partial charge in [-0.3, -0.25) is 0 Å². The monoisotopic (exact) mass is 277 g/mol. The van der Waals surface area contributed by atoms with Gasteiger partial charge in [0.15, 0.2) is 0 Å². The predicted molar refractivity (Wildman–Crippen MR) is 76.0 cm³/mol. The number of halogens is 3. The van der Waals surface area contributed by atoms with E-state index in [0.29, 0.717) is 11.3 Å². The lowest BCUT2D eigenvalue weighted by Crippen LogP contribution is -2.10. The quantitative estimate of drug-likeness (QED) is 0.754. The van der Waals surface area contributed by atoms with Crippen LogP contribution >= 0.6 is 0 Å². The predicted octanol–water partition coefficient (Wildman–Crippen LogP) is 4.34. The van der Waals surface area contributed by atoms with Gasteiger partial charge in [0.25, 0.3) is 0 Å². The first-order chi connectivity index (χ1) is 9.50. The maximum Gasteiger partial charge on any atom is 0.133 e. The van der Waals surface area contributed by atoms with Crippen LogP contribution in [0, 0.1) is 17.5 Å². The molecule has 104 valence electrons. The number of rotatable bonds is 3. The van der Waals surface area contributed by atoms with Crippen LogP contribution in [0.15, 0.2) is 36.4 Å². The zero-order valence-electron chi connectivity index (χ0n) is 11.2. The third-order valence-electron chi connectivity index (χ3n) is 2.93. The third-order valence-corrected chi connectivity index (χ3v) is 2.93. The molecule has 2 aromatic rings. The Bertz CT molecular complexity index is 628. The molecule has 0 saturated carbocycles. The van der Waals surface area contributed by atoms with E-state index in [1.807, 2.05) is 0 Å². The molecule has 1 nitrogen and oxygen atoms in total. The Kier molecular flexibility index (Phi) is 4.13. The maximum atomic E-state index is 13.8. The van der Waals surface area contributed by atoms with Crippen molar-refractivity contribution in [1.82, 2.24) is 0 Å². The first-order valence-corrected chi connectivity index (χ1v) is 6.08. The van der Waals surface area contributed by atoms with Crippen molar-refractivity contribution < 1.29 is 13.2 Å². The molecule has 0 aromatic heterocycles. The highest BCUT2D eigenvalue weighted by Gasteiger charge is 2.09. The molecule has 0 spiro atoms. The van der Waals surface area contributed by atoms with Gasteiger partial charge in [-0.1, -0.05) is 12.1 Å². The molecular weight excluding hydrogens is 263 g/mol. The molecule has 4 heteroatoms. The smallest absolute Gasteiger partial charge is 0.133 e. The molecule has 0 saturated heterocycles. The van der Waals surface area contributed by atoms with Crippen LogP contribution < -0.4 is 4.90 Å². The average Bonchev–Trinajstić information content (AvgIpc) is 2.39. The van der Waals surface area contributed by atoms with Crippen LogP contribution in [0.3, 0.4) is 0 Å². The van der Waals surface area contributed by atoms with Crippen LogP contribution in [-0.2, 0) is 0 Å². The maximum absolute atomic E-state index is 13.8. The van der Waals surface area contributed by atoms with Crippen molar-refractivity contribution in [3.63, 3.8) is 0 Å². The number of hydrogen-bond acceptors (Lipinski definition) is 1. The largest absolute Gasteiger partial charge is 0.377 e. The van der Waals surface area contributed by atoms with E-state index in [4.69, 9.17) is 0 Å². The Balaban J connectivity index is 2.47. The summed E-state index contributed by atoms with van der Waals surface area (Å²) in [7, 11) is 3.55. The first kappa shape index (κ1) is 14.2. The van der Waals surface area contributed by atoms with Crippen molar-refractivity contribution in [3.8, 4) is 0 Å². The van der Waals surface area contributed by atoms with E-state index in [2.05, 4.69) is 0 Å². The van der Waals surface area contributed by atoms with Gasteiger partial charge in [-0.2, -0.15) is 0 Å². The minimum absolute atomic E-state index is 0.180. The molecule has 2 rings (SSSR count). The lowest BCUT2D eigenvalue weighted by atomic mass is 10.1. The van der Waals surface area contributed by atoms with E-state index in [0.717, 1.165) is 12.1 Å². The summed E-state index contributed by atoms with van der Waals surface area (Å²) in [6.07, 6.45) is 2.63. The molecule has 0 aliphatic rings. The van der Waals surface area contributed by atoms with Gasteiger partial charge in [-0.15, -0.1) is 0 Å². The standard InChI is InChI=1S/C16H14F3N/c1-20(2)16-8-4-7-15(19)12(16)10-9-11-13(17)5-3-6-14(11)18/h3-10H,1-2H3. The van der Waals surface area contributed by atoms with Gasteiger partial charge >= 0.3 is 0 Å². The molecule has 0 bridgehead atoms.